The van der Waals surface area contributed by atoms with Crippen LogP contribution in [-0.2, 0) is 6.54 Å². The Kier molecular flexibility index (Phi) is 6.65. The Balaban J connectivity index is 1.59. The monoisotopic (exact) mass is 498 g/mol. The van der Waals surface area contributed by atoms with Crippen LogP contribution in [0.2, 0.25) is 0 Å². The van der Waals surface area contributed by atoms with Gasteiger partial charge in [-0.15, -0.1) is 0 Å². The number of thiocarbonyl (C=S) groups is 1. The summed E-state index contributed by atoms with van der Waals surface area (Å²) in [6, 6.07) is 24.5. The molecule has 2 aromatic heterocycles. The molecule has 0 radical (unpaired) electrons. The minimum absolute atomic E-state index is 0.0277. The number of rotatable bonds is 7. The van der Waals surface area contributed by atoms with E-state index in [1.54, 1.807) is 14.2 Å². The first-order chi connectivity index (χ1) is 17.5. The Hall–Kier alpha value is -3.84. The van der Waals surface area contributed by atoms with Gasteiger partial charge in [0.1, 0.15) is 11.5 Å². The third-order valence-electron chi connectivity index (χ3n) is 6.81. The van der Waals surface area contributed by atoms with E-state index in [1.165, 1.54) is 5.56 Å². The molecule has 4 aromatic rings. The van der Waals surface area contributed by atoms with Crippen molar-refractivity contribution >= 4 is 17.3 Å². The molecule has 2 atom stereocenters. The van der Waals surface area contributed by atoms with Crippen LogP contribution in [0, 0.1) is 13.8 Å². The summed E-state index contributed by atoms with van der Waals surface area (Å²) in [4.78, 5) is 6.96. The third kappa shape index (κ3) is 4.42. The highest BCUT2D eigenvalue weighted by Gasteiger charge is 2.41. The van der Waals surface area contributed by atoms with Crippen molar-refractivity contribution in [1.29, 1.82) is 0 Å². The molecule has 1 saturated heterocycles. The van der Waals surface area contributed by atoms with E-state index in [9.17, 15) is 0 Å². The quantitative estimate of drug-likeness (QED) is 0.331. The van der Waals surface area contributed by atoms with Crippen LogP contribution in [0.3, 0.4) is 0 Å². The first kappa shape index (κ1) is 23.9. The van der Waals surface area contributed by atoms with Crippen molar-refractivity contribution < 1.29 is 9.47 Å². The number of hydrogen-bond acceptors (Lipinski definition) is 4. The van der Waals surface area contributed by atoms with Crippen molar-refractivity contribution in [2.24, 2.45) is 0 Å². The smallest absolute Gasteiger partial charge is 0.170 e. The molecule has 0 saturated carbocycles. The Bertz CT molecular complexity index is 1370. The number of ether oxygens (including phenoxy) is 2. The van der Waals surface area contributed by atoms with E-state index in [2.05, 4.69) is 70.0 Å². The van der Waals surface area contributed by atoms with Gasteiger partial charge < -0.3 is 24.3 Å². The van der Waals surface area contributed by atoms with Gasteiger partial charge in [0.2, 0.25) is 0 Å². The SMILES string of the molecule is COc1ccc(CN2C(=S)N[C@H](c3ccccn3)[C@@H]2c2cc(C)n(-c3cccc(OC)c3)c2C)cc1. The Morgan fingerprint density at radius 1 is 0.917 bits per heavy atom. The van der Waals surface area contributed by atoms with E-state index in [4.69, 9.17) is 21.7 Å². The van der Waals surface area contributed by atoms with Crippen LogP contribution in [0.4, 0.5) is 0 Å². The zero-order chi connectivity index (χ0) is 25.2. The van der Waals surface area contributed by atoms with Crippen LogP contribution in [0.25, 0.3) is 5.69 Å². The molecular formula is C29H30N4O2S. The van der Waals surface area contributed by atoms with Crippen molar-refractivity contribution in [3.05, 3.63) is 107 Å². The second-order valence-electron chi connectivity index (χ2n) is 8.97. The maximum absolute atomic E-state index is 5.89. The molecule has 184 valence electrons. The second kappa shape index (κ2) is 10.0. The van der Waals surface area contributed by atoms with Gasteiger partial charge in [-0.2, -0.15) is 0 Å². The molecule has 6 nitrogen and oxygen atoms in total. The van der Waals surface area contributed by atoms with Gasteiger partial charge in [-0.3, -0.25) is 4.98 Å². The average molecular weight is 499 g/mol. The van der Waals surface area contributed by atoms with Crippen molar-refractivity contribution in [2.75, 3.05) is 14.2 Å². The fourth-order valence-corrected chi connectivity index (χ4v) is 5.38. The van der Waals surface area contributed by atoms with E-state index in [0.717, 1.165) is 44.9 Å². The summed E-state index contributed by atoms with van der Waals surface area (Å²) in [6.07, 6.45) is 1.84. The largest absolute Gasteiger partial charge is 0.497 e. The first-order valence-corrected chi connectivity index (χ1v) is 12.3. The molecule has 0 spiro atoms. The van der Waals surface area contributed by atoms with Gasteiger partial charge in [0.15, 0.2) is 5.11 Å². The van der Waals surface area contributed by atoms with Gasteiger partial charge in [-0.05, 0) is 79.7 Å². The number of pyridine rings is 1. The van der Waals surface area contributed by atoms with E-state index in [0.29, 0.717) is 6.54 Å². The molecular weight excluding hydrogens is 468 g/mol. The fourth-order valence-electron chi connectivity index (χ4n) is 5.08. The lowest BCUT2D eigenvalue weighted by atomic mass is 9.96. The molecule has 0 bridgehead atoms. The number of nitrogens with zero attached hydrogens (tertiary/aromatic N) is 3. The number of methoxy groups -OCH3 is 2. The second-order valence-corrected chi connectivity index (χ2v) is 9.35. The zero-order valence-electron chi connectivity index (χ0n) is 20.9. The molecule has 5 rings (SSSR count). The van der Waals surface area contributed by atoms with Gasteiger partial charge in [0.05, 0.1) is 32.0 Å². The van der Waals surface area contributed by atoms with Gasteiger partial charge in [0.25, 0.3) is 0 Å². The lowest BCUT2D eigenvalue weighted by Crippen LogP contribution is -2.29. The maximum Gasteiger partial charge on any atom is 0.170 e. The lowest BCUT2D eigenvalue weighted by molar-refractivity contribution is 0.310. The average Bonchev–Trinajstić information content (AvgIpc) is 3.39. The molecule has 1 aliphatic rings. The molecule has 1 N–H and O–H groups in total. The Labute approximate surface area is 217 Å². The highest BCUT2D eigenvalue weighted by Crippen LogP contribution is 2.42. The minimum atomic E-state index is -0.0730. The highest BCUT2D eigenvalue weighted by molar-refractivity contribution is 7.80. The number of benzene rings is 2. The molecule has 0 amide bonds. The first-order valence-electron chi connectivity index (χ1n) is 11.9. The molecule has 0 unspecified atom stereocenters. The fraction of sp³-hybridized carbons (Fsp3) is 0.241. The molecule has 7 heteroatoms. The normalized spacial score (nSPS) is 17.2. The van der Waals surface area contributed by atoms with Gasteiger partial charge in [-0.1, -0.05) is 24.3 Å². The minimum Gasteiger partial charge on any atom is -0.497 e. The predicted molar refractivity (Wildman–Crippen MR) is 146 cm³/mol. The summed E-state index contributed by atoms with van der Waals surface area (Å²) in [7, 11) is 3.37. The molecule has 1 aliphatic heterocycles. The predicted octanol–water partition coefficient (Wildman–Crippen LogP) is 5.68. The van der Waals surface area contributed by atoms with Gasteiger partial charge >= 0.3 is 0 Å². The summed E-state index contributed by atoms with van der Waals surface area (Å²) in [5, 5.41) is 4.29. The van der Waals surface area contributed by atoms with Crippen molar-refractivity contribution in [3.8, 4) is 17.2 Å². The van der Waals surface area contributed by atoms with Crippen LogP contribution < -0.4 is 14.8 Å². The van der Waals surface area contributed by atoms with Crippen molar-refractivity contribution in [3.63, 3.8) is 0 Å². The summed E-state index contributed by atoms with van der Waals surface area (Å²) >= 11 is 5.89. The standard InChI is InChI=1S/C29H30N4O2S/c1-19-16-25(20(2)33(19)22-8-7-9-24(17-22)35-4)28-27(26-10-5-6-15-30-26)31-29(36)32(28)18-21-11-13-23(34-3)14-12-21/h5-17,27-28H,18H2,1-4H3,(H,31,36)/t27-,28+/m1/s1. The summed E-state index contributed by atoms with van der Waals surface area (Å²) < 4.78 is 13.1. The van der Waals surface area contributed by atoms with E-state index in [1.807, 2.05) is 42.6 Å². The maximum atomic E-state index is 5.89. The van der Waals surface area contributed by atoms with Crippen LogP contribution in [0.1, 0.15) is 40.3 Å². The molecule has 1 fully saturated rings. The third-order valence-corrected chi connectivity index (χ3v) is 7.16. The van der Waals surface area contributed by atoms with Crippen molar-refractivity contribution in [2.45, 2.75) is 32.5 Å². The van der Waals surface area contributed by atoms with Crippen LogP contribution in [0.15, 0.2) is 79.0 Å². The molecule has 2 aromatic carbocycles. The van der Waals surface area contributed by atoms with Gasteiger partial charge in [-0.25, -0.2) is 0 Å². The van der Waals surface area contributed by atoms with E-state index < -0.39 is 0 Å². The molecule has 3 heterocycles. The summed E-state index contributed by atoms with van der Waals surface area (Å²) in [5.74, 6) is 1.67. The zero-order valence-corrected chi connectivity index (χ0v) is 21.8. The Morgan fingerprint density at radius 3 is 2.39 bits per heavy atom. The van der Waals surface area contributed by atoms with Crippen LogP contribution in [0.5, 0.6) is 11.5 Å². The number of hydrogen-bond donors (Lipinski definition) is 1. The lowest BCUT2D eigenvalue weighted by Gasteiger charge is -2.28. The summed E-state index contributed by atoms with van der Waals surface area (Å²) in [6.45, 7) is 4.98. The van der Waals surface area contributed by atoms with Crippen LogP contribution in [-0.4, -0.2) is 33.8 Å². The summed E-state index contributed by atoms with van der Waals surface area (Å²) in [5.41, 5.74) is 6.73. The van der Waals surface area contributed by atoms with Crippen LogP contribution >= 0.6 is 12.2 Å². The molecule has 36 heavy (non-hydrogen) atoms. The number of aryl methyl sites for hydroxylation is 1. The highest BCUT2D eigenvalue weighted by atomic mass is 32.1. The van der Waals surface area contributed by atoms with Gasteiger partial charge in [0, 0.05) is 35.9 Å². The Morgan fingerprint density at radius 2 is 1.69 bits per heavy atom. The van der Waals surface area contributed by atoms with E-state index in [-0.39, 0.29) is 12.1 Å². The van der Waals surface area contributed by atoms with Crippen molar-refractivity contribution in [1.82, 2.24) is 19.8 Å². The number of nitrogens with one attached hydrogen (secondary N) is 1. The molecule has 0 aliphatic carbocycles. The topological polar surface area (TPSA) is 51.5 Å². The number of aromatic nitrogens is 2. The van der Waals surface area contributed by atoms with E-state index >= 15 is 0 Å².